The molecule has 0 saturated carbocycles. The summed E-state index contributed by atoms with van der Waals surface area (Å²) in [7, 11) is 0. The Bertz CT molecular complexity index is 863. The van der Waals surface area contributed by atoms with Crippen LogP contribution in [0.2, 0.25) is 10.0 Å². The molecule has 24 heavy (non-hydrogen) atoms. The second kappa shape index (κ2) is 7.03. The number of hydrogen-bond acceptors (Lipinski definition) is 5. The number of nitrogens with zero attached hydrogens (tertiary/aromatic N) is 3. The molecule has 0 amide bonds. The normalized spacial score (nSPS) is 10.5. The summed E-state index contributed by atoms with van der Waals surface area (Å²) in [5, 5.41) is 15.6. The highest BCUT2D eigenvalue weighted by Gasteiger charge is 2.07. The Balaban J connectivity index is 1.84. The number of anilines is 4. The van der Waals surface area contributed by atoms with Crippen molar-refractivity contribution in [2.75, 3.05) is 10.6 Å². The van der Waals surface area contributed by atoms with Crippen molar-refractivity contribution >= 4 is 46.3 Å². The smallest absolute Gasteiger partial charge is 0.249 e. The minimum absolute atomic E-state index is 0.380. The van der Waals surface area contributed by atoms with Gasteiger partial charge in [0, 0.05) is 21.4 Å². The lowest BCUT2D eigenvalue weighted by Gasteiger charge is -2.11. The summed E-state index contributed by atoms with van der Waals surface area (Å²) in [5.41, 5.74) is 3.68. The van der Waals surface area contributed by atoms with Crippen molar-refractivity contribution in [3.8, 4) is 0 Å². The molecule has 3 rings (SSSR count). The Morgan fingerprint density at radius 3 is 2.62 bits per heavy atom. The fourth-order valence-electron chi connectivity index (χ4n) is 2.15. The highest BCUT2D eigenvalue weighted by molar-refractivity contribution is 6.31. The van der Waals surface area contributed by atoms with Crippen LogP contribution in [0, 0.1) is 13.8 Å². The van der Waals surface area contributed by atoms with Gasteiger partial charge in [-0.25, -0.2) is 0 Å². The molecule has 0 aliphatic heterocycles. The van der Waals surface area contributed by atoms with E-state index in [1.54, 1.807) is 6.20 Å². The molecule has 0 bridgehead atoms. The van der Waals surface area contributed by atoms with Gasteiger partial charge in [0.05, 0.1) is 6.20 Å². The van der Waals surface area contributed by atoms with Gasteiger partial charge in [-0.15, -0.1) is 5.10 Å². The Morgan fingerprint density at radius 1 is 0.958 bits per heavy atom. The van der Waals surface area contributed by atoms with Crippen molar-refractivity contribution < 1.29 is 0 Å². The molecule has 122 valence electrons. The van der Waals surface area contributed by atoms with E-state index < -0.39 is 0 Å². The van der Waals surface area contributed by atoms with Gasteiger partial charge < -0.3 is 10.6 Å². The molecule has 2 aromatic carbocycles. The third-order valence-corrected chi connectivity index (χ3v) is 4.18. The fraction of sp³-hybridized carbons (Fsp3) is 0.118. The molecule has 1 aromatic heterocycles. The average Bonchev–Trinajstić information content (AvgIpc) is 2.56. The van der Waals surface area contributed by atoms with E-state index in [0.717, 1.165) is 22.5 Å². The van der Waals surface area contributed by atoms with Crippen molar-refractivity contribution in [2.45, 2.75) is 13.8 Å². The van der Waals surface area contributed by atoms with E-state index >= 15 is 0 Å². The zero-order valence-electron chi connectivity index (χ0n) is 13.1. The van der Waals surface area contributed by atoms with Crippen LogP contribution in [0.25, 0.3) is 0 Å². The zero-order chi connectivity index (χ0) is 17.1. The maximum atomic E-state index is 6.13. The van der Waals surface area contributed by atoms with Gasteiger partial charge in [-0.05, 0) is 49.2 Å². The Kier molecular flexibility index (Phi) is 4.83. The zero-order valence-corrected chi connectivity index (χ0v) is 14.7. The number of aromatic nitrogens is 3. The Hall–Kier alpha value is -2.37. The van der Waals surface area contributed by atoms with Crippen LogP contribution in [-0.2, 0) is 0 Å². The molecule has 1 heterocycles. The van der Waals surface area contributed by atoms with Gasteiger partial charge in [-0.3, -0.25) is 0 Å². The summed E-state index contributed by atoms with van der Waals surface area (Å²) in [4.78, 5) is 4.42. The second-order valence-corrected chi connectivity index (χ2v) is 6.13. The van der Waals surface area contributed by atoms with E-state index in [9.17, 15) is 0 Å². The Labute approximate surface area is 150 Å². The lowest BCUT2D eigenvalue weighted by Crippen LogP contribution is -2.04. The molecule has 0 fully saturated rings. The first-order valence-corrected chi connectivity index (χ1v) is 8.03. The molecule has 0 unspecified atom stereocenters. The quantitative estimate of drug-likeness (QED) is 0.663. The number of nitrogens with one attached hydrogen (secondary N) is 2. The van der Waals surface area contributed by atoms with E-state index in [1.165, 1.54) is 0 Å². The van der Waals surface area contributed by atoms with Gasteiger partial charge in [0.1, 0.15) is 0 Å². The predicted molar refractivity (Wildman–Crippen MR) is 98.8 cm³/mol. The molecular formula is C17H15Cl2N5. The Morgan fingerprint density at radius 2 is 1.79 bits per heavy atom. The van der Waals surface area contributed by atoms with Gasteiger partial charge in [0.2, 0.25) is 5.95 Å². The molecule has 0 aliphatic carbocycles. The van der Waals surface area contributed by atoms with E-state index in [-0.39, 0.29) is 0 Å². The lowest BCUT2D eigenvalue weighted by atomic mass is 10.2. The molecule has 0 saturated heterocycles. The first-order chi connectivity index (χ1) is 11.5. The largest absolute Gasteiger partial charge is 0.339 e. The summed E-state index contributed by atoms with van der Waals surface area (Å²) >= 11 is 12.2. The summed E-state index contributed by atoms with van der Waals surface area (Å²) in [6, 6.07) is 11.2. The highest BCUT2D eigenvalue weighted by Crippen LogP contribution is 2.26. The number of halogens is 2. The molecule has 2 N–H and O–H groups in total. The van der Waals surface area contributed by atoms with Gasteiger partial charge >= 0.3 is 0 Å². The van der Waals surface area contributed by atoms with Gasteiger partial charge in [-0.1, -0.05) is 35.3 Å². The van der Waals surface area contributed by atoms with Crippen molar-refractivity contribution in [1.82, 2.24) is 15.2 Å². The minimum Gasteiger partial charge on any atom is -0.339 e. The van der Waals surface area contributed by atoms with E-state index in [1.807, 2.05) is 50.2 Å². The summed E-state index contributed by atoms with van der Waals surface area (Å²) in [6.07, 6.45) is 1.55. The van der Waals surface area contributed by atoms with Crippen LogP contribution in [0.1, 0.15) is 11.1 Å². The van der Waals surface area contributed by atoms with E-state index in [0.29, 0.717) is 21.8 Å². The summed E-state index contributed by atoms with van der Waals surface area (Å²) in [6.45, 7) is 3.91. The first kappa shape index (κ1) is 16.5. The standard InChI is InChI=1S/C17H15Cl2N5/c1-10-6-7-12(18)8-15(10)21-16-9-20-24-17(23-16)22-14-5-3-4-13(19)11(14)2/h3-9H,1-2H3,(H2,21,22,23,24). The summed E-state index contributed by atoms with van der Waals surface area (Å²) < 4.78 is 0. The third kappa shape index (κ3) is 3.75. The SMILES string of the molecule is Cc1ccc(Cl)cc1Nc1cnnc(Nc2cccc(Cl)c2C)n1. The molecule has 0 spiro atoms. The summed E-state index contributed by atoms with van der Waals surface area (Å²) in [5.74, 6) is 0.947. The van der Waals surface area contributed by atoms with E-state index in [2.05, 4.69) is 25.8 Å². The number of hydrogen-bond donors (Lipinski definition) is 2. The van der Waals surface area contributed by atoms with Gasteiger partial charge in [0.15, 0.2) is 5.82 Å². The molecule has 5 nitrogen and oxygen atoms in total. The topological polar surface area (TPSA) is 62.7 Å². The van der Waals surface area contributed by atoms with Crippen LogP contribution in [0.4, 0.5) is 23.1 Å². The van der Waals surface area contributed by atoms with Gasteiger partial charge in [-0.2, -0.15) is 10.1 Å². The lowest BCUT2D eigenvalue weighted by molar-refractivity contribution is 0.981. The number of rotatable bonds is 4. The number of benzene rings is 2. The molecule has 0 radical (unpaired) electrons. The first-order valence-electron chi connectivity index (χ1n) is 7.28. The minimum atomic E-state index is 0.380. The van der Waals surface area contributed by atoms with Crippen molar-refractivity contribution in [3.05, 3.63) is 63.8 Å². The van der Waals surface area contributed by atoms with Crippen molar-refractivity contribution in [2.24, 2.45) is 0 Å². The number of aryl methyl sites for hydroxylation is 1. The maximum absolute atomic E-state index is 6.13. The monoisotopic (exact) mass is 359 g/mol. The van der Waals surface area contributed by atoms with Crippen molar-refractivity contribution in [3.63, 3.8) is 0 Å². The fourth-order valence-corrected chi connectivity index (χ4v) is 2.49. The molecular weight excluding hydrogens is 345 g/mol. The predicted octanol–water partition coefficient (Wildman–Crippen LogP) is 5.28. The molecule has 0 aliphatic rings. The third-order valence-electron chi connectivity index (χ3n) is 3.54. The molecule has 3 aromatic rings. The van der Waals surface area contributed by atoms with Crippen LogP contribution in [-0.4, -0.2) is 15.2 Å². The second-order valence-electron chi connectivity index (χ2n) is 5.29. The highest BCUT2D eigenvalue weighted by atomic mass is 35.5. The van der Waals surface area contributed by atoms with E-state index in [4.69, 9.17) is 23.2 Å². The van der Waals surface area contributed by atoms with Crippen LogP contribution >= 0.6 is 23.2 Å². The van der Waals surface area contributed by atoms with Crippen LogP contribution < -0.4 is 10.6 Å². The van der Waals surface area contributed by atoms with Crippen LogP contribution in [0.5, 0.6) is 0 Å². The van der Waals surface area contributed by atoms with Crippen LogP contribution in [0.3, 0.4) is 0 Å². The average molecular weight is 360 g/mol. The molecule has 0 atom stereocenters. The molecule has 7 heteroatoms. The van der Waals surface area contributed by atoms with Gasteiger partial charge in [0.25, 0.3) is 0 Å². The van der Waals surface area contributed by atoms with Crippen molar-refractivity contribution in [1.29, 1.82) is 0 Å². The maximum Gasteiger partial charge on any atom is 0.249 e. The van der Waals surface area contributed by atoms with Crippen LogP contribution in [0.15, 0.2) is 42.6 Å².